The number of hydrogen-bond acceptors (Lipinski definition) is 4. The summed E-state index contributed by atoms with van der Waals surface area (Å²) in [5.41, 5.74) is 0.585. The van der Waals surface area contributed by atoms with Gasteiger partial charge in [0, 0.05) is 12.7 Å². The molecule has 1 unspecified atom stereocenters. The van der Waals surface area contributed by atoms with E-state index in [9.17, 15) is 4.79 Å². The molecule has 0 fully saturated rings. The molecule has 2 rings (SSSR count). The lowest BCUT2D eigenvalue weighted by Crippen LogP contribution is -2.28. The number of hydrogen-bond donors (Lipinski definition) is 1. The van der Waals surface area contributed by atoms with E-state index in [4.69, 9.17) is 13.9 Å². The minimum absolute atomic E-state index is 0.154. The van der Waals surface area contributed by atoms with Crippen LogP contribution in [0.1, 0.15) is 42.0 Å². The van der Waals surface area contributed by atoms with Crippen molar-refractivity contribution in [2.75, 3.05) is 20.3 Å². The quantitative estimate of drug-likeness (QED) is 0.718. The van der Waals surface area contributed by atoms with Crippen LogP contribution in [0.4, 0.5) is 0 Å². The topological polar surface area (TPSA) is 60.7 Å². The maximum absolute atomic E-state index is 12.2. The molecule has 0 saturated heterocycles. The van der Waals surface area contributed by atoms with E-state index < -0.39 is 0 Å². The van der Waals surface area contributed by atoms with E-state index in [1.165, 1.54) is 0 Å². The van der Waals surface area contributed by atoms with Crippen LogP contribution in [0.2, 0.25) is 0 Å². The van der Waals surface area contributed by atoms with E-state index in [0.29, 0.717) is 24.5 Å². The van der Waals surface area contributed by atoms with Crippen LogP contribution < -0.4 is 10.1 Å². The number of unbranched alkanes of at least 4 members (excludes halogenated alkanes) is 1. The second-order valence-electron chi connectivity index (χ2n) is 5.18. The Labute approximate surface area is 136 Å². The fraction of sp³-hybridized carbons (Fsp3) is 0.389. The van der Waals surface area contributed by atoms with Crippen LogP contribution >= 0.6 is 0 Å². The van der Waals surface area contributed by atoms with Crippen molar-refractivity contribution in [2.24, 2.45) is 0 Å². The van der Waals surface area contributed by atoms with E-state index in [2.05, 4.69) is 12.2 Å². The third-order valence-electron chi connectivity index (χ3n) is 3.48. The SMILES string of the molecule is CCCCOc1ccc(C(=O)NCC(OC)c2ccco2)cc1. The highest BCUT2D eigenvalue weighted by Gasteiger charge is 2.15. The van der Waals surface area contributed by atoms with Gasteiger partial charge in [-0.05, 0) is 42.8 Å². The lowest BCUT2D eigenvalue weighted by Gasteiger charge is -2.14. The van der Waals surface area contributed by atoms with E-state index in [1.54, 1.807) is 31.6 Å². The first-order chi connectivity index (χ1) is 11.2. The second kappa shape index (κ2) is 9.00. The Bertz CT molecular complexity index is 578. The van der Waals surface area contributed by atoms with Crippen molar-refractivity contribution < 1.29 is 18.7 Å². The van der Waals surface area contributed by atoms with Crippen LogP contribution in [0.25, 0.3) is 0 Å². The molecule has 1 atom stereocenters. The Balaban J connectivity index is 1.85. The lowest BCUT2D eigenvalue weighted by atomic mass is 10.2. The highest BCUT2D eigenvalue weighted by atomic mass is 16.5. The predicted molar refractivity (Wildman–Crippen MR) is 87.6 cm³/mol. The summed E-state index contributed by atoms with van der Waals surface area (Å²) in [5.74, 6) is 1.31. The summed E-state index contributed by atoms with van der Waals surface area (Å²) in [7, 11) is 1.59. The number of furan rings is 1. The van der Waals surface area contributed by atoms with Crippen LogP contribution in [-0.4, -0.2) is 26.2 Å². The summed E-state index contributed by atoms with van der Waals surface area (Å²) in [6.07, 6.45) is 3.40. The molecule has 23 heavy (non-hydrogen) atoms. The molecule has 5 heteroatoms. The highest BCUT2D eigenvalue weighted by molar-refractivity contribution is 5.94. The van der Waals surface area contributed by atoms with Crippen LogP contribution in [-0.2, 0) is 4.74 Å². The minimum atomic E-state index is -0.300. The molecule has 0 radical (unpaired) electrons. The van der Waals surface area contributed by atoms with Crippen LogP contribution in [0.15, 0.2) is 47.1 Å². The third-order valence-corrected chi connectivity index (χ3v) is 3.48. The molecule has 5 nitrogen and oxygen atoms in total. The molecule has 1 aromatic heterocycles. The maximum atomic E-state index is 12.2. The van der Waals surface area contributed by atoms with Gasteiger partial charge in [-0.2, -0.15) is 0 Å². The van der Waals surface area contributed by atoms with E-state index in [0.717, 1.165) is 18.6 Å². The first-order valence-electron chi connectivity index (χ1n) is 7.81. The maximum Gasteiger partial charge on any atom is 0.251 e. The lowest BCUT2D eigenvalue weighted by molar-refractivity contribution is 0.0738. The molecule has 1 N–H and O–H groups in total. The van der Waals surface area contributed by atoms with Gasteiger partial charge in [0.05, 0.1) is 19.4 Å². The number of methoxy groups -OCH3 is 1. The third kappa shape index (κ3) is 5.14. The van der Waals surface area contributed by atoms with Gasteiger partial charge < -0.3 is 19.2 Å². The highest BCUT2D eigenvalue weighted by Crippen LogP contribution is 2.16. The molecule has 0 aliphatic heterocycles. The first kappa shape index (κ1) is 17.1. The van der Waals surface area contributed by atoms with Crippen molar-refractivity contribution in [3.63, 3.8) is 0 Å². The van der Waals surface area contributed by atoms with Gasteiger partial charge in [0.15, 0.2) is 0 Å². The van der Waals surface area contributed by atoms with Gasteiger partial charge in [0.1, 0.15) is 17.6 Å². The molecular formula is C18H23NO4. The van der Waals surface area contributed by atoms with Gasteiger partial charge in [0.2, 0.25) is 0 Å². The van der Waals surface area contributed by atoms with Gasteiger partial charge in [-0.3, -0.25) is 4.79 Å². The monoisotopic (exact) mass is 317 g/mol. The Morgan fingerprint density at radius 3 is 2.65 bits per heavy atom. The Morgan fingerprint density at radius 1 is 1.26 bits per heavy atom. The van der Waals surface area contributed by atoms with Crippen molar-refractivity contribution in [1.29, 1.82) is 0 Å². The smallest absolute Gasteiger partial charge is 0.251 e. The van der Waals surface area contributed by atoms with Crippen molar-refractivity contribution in [2.45, 2.75) is 25.9 Å². The molecule has 0 aliphatic rings. The molecule has 0 saturated carbocycles. The van der Waals surface area contributed by atoms with Crippen LogP contribution in [0.3, 0.4) is 0 Å². The average molecular weight is 317 g/mol. The summed E-state index contributed by atoms with van der Waals surface area (Å²) >= 11 is 0. The summed E-state index contributed by atoms with van der Waals surface area (Å²) in [6.45, 7) is 3.16. The molecule has 0 spiro atoms. The van der Waals surface area contributed by atoms with Gasteiger partial charge in [-0.25, -0.2) is 0 Å². The number of ether oxygens (including phenoxy) is 2. The summed E-state index contributed by atoms with van der Waals surface area (Å²) in [6, 6.07) is 10.7. The number of nitrogens with one attached hydrogen (secondary N) is 1. The van der Waals surface area contributed by atoms with Crippen molar-refractivity contribution in [1.82, 2.24) is 5.32 Å². The van der Waals surface area contributed by atoms with Crippen molar-refractivity contribution >= 4 is 5.91 Å². The van der Waals surface area contributed by atoms with E-state index in [-0.39, 0.29) is 12.0 Å². The normalized spacial score (nSPS) is 11.9. The van der Waals surface area contributed by atoms with E-state index >= 15 is 0 Å². The number of carbonyl (C=O) groups excluding carboxylic acids is 1. The molecule has 1 aromatic carbocycles. The molecule has 0 aliphatic carbocycles. The zero-order chi connectivity index (χ0) is 16.5. The largest absolute Gasteiger partial charge is 0.494 e. The fourth-order valence-corrected chi connectivity index (χ4v) is 2.10. The Morgan fingerprint density at radius 2 is 2.04 bits per heavy atom. The number of carbonyl (C=O) groups is 1. The average Bonchev–Trinajstić information content (AvgIpc) is 3.10. The summed E-state index contributed by atoms with van der Waals surface area (Å²) in [5, 5.41) is 2.85. The fourth-order valence-electron chi connectivity index (χ4n) is 2.10. The van der Waals surface area contributed by atoms with E-state index in [1.807, 2.05) is 18.2 Å². The summed E-state index contributed by atoms with van der Waals surface area (Å²) in [4.78, 5) is 12.2. The standard InChI is InChI=1S/C18H23NO4/c1-3-4-11-22-15-9-7-14(8-10-15)18(20)19-13-17(21-2)16-6-5-12-23-16/h5-10,12,17H,3-4,11,13H2,1-2H3,(H,19,20). The molecule has 0 bridgehead atoms. The molecular weight excluding hydrogens is 294 g/mol. The minimum Gasteiger partial charge on any atom is -0.494 e. The Kier molecular flexibility index (Phi) is 6.69. The molecule has 1 amide bonds. The predicted octanol–water partition coefficient (Wildman–Crippen LogP) is 3.58. The number of rotatable bonds is 9. The van der Waals surface area contributed by atoms with Crippen LogP contribution in [0.5, 0.6) is 5.75 Å². The van der Waals surface area contributed by atoms with Gasteiger partial charge >= 0.3 is 0 Å². The summed E-state index contributed by atoms with van der Waals surface area (Å²) < 4.78 is 16.2. The van der Waals surface area contributed by atoms with Crippen molar-refractivity contribution in [3.05, 3.63) is 54.0 Å². The van der Waals surface area contributed by atoms with Gasteiger partial charge in [-0.15, -0.1) is 0 Å². The van der Waals surface area contributed by atoms with Gasteiger partial charge in [-0.1, -0.05) is 13.3 Å². The van der Waals surface area contributed by atoms with Crippen molar-refractivity contribution in [3.8, 4) is 5.75 Å². The zero-order valence-corrected chi connectivity index (χ0v) is 13.6. The second-order valence-corrected chi connectivity index (χ2v) is 5.18. The molecule has 1 heterocycles. The molecule has 124 valence electrons. The van der Waals surface area contributed by atoms with Gasteiger partial charge in [0.25, 0.3) is 5.91 Å². The molecule has 2 aromatic rings. The first-order valence-corrected chi connectivity index (χ1v) is 7.81. The number of benzene rings is 1. The Hall–Kier alpha value is -2.27. The zero-order valence-electron chi connectivity index (χ0n) is 13.6. The van der Waals surface area contributed by atoms with Crippen LogP contribution in [0, 0.1) is 0 Å². The number of amides is 1.